The first-order valence-electron chi connectivity index (χ1n) is 5.32. The van der Waals surface area contributed by atoms with E-state index in [2.05, 4.69) is 10.1 Å². The fraction of sp³-hybridized carbons (Fsp3) is 0.0833. The van der Waals surface area contributed by atoms with E-state index in [1.54, 1.807) is 36.8 Å². The Morgan fingerprint density at radius 3 is 3.00 bits per heavy atom. The minimum atomic E-state index is -0.957. The summed E-state index contributed by atoms with van der Waals surface area (Å²) in [6.07, 6.45) is 3.23. The van der Waals surface area contributed by atoms with Crippen LogP contribution in [0, 0.1) is 0 Å². The van der Waals surface area contributed by atoms with Crippen molar-refractivity contribution >= 4 is 17.0 Å². The highest BCUT2D eigenvalue weighted by Crippen LogP contribution is 2.16. The molecular weight excluding hydrogens is 234 g/mol. The van der Waals surface area contributed by atoms with Crippen LogP contribution in [0.25, 0.3) is 11.0 Å². The Hall–Kier alpha value is -2.63. The zero-order chi connectivity index (χ0) is 12.5. The van der Waals surface area contributed by atoms with Gasteiger partial charge in [-0.15, -0.1) is 0 Å². The predicted molar refractivity (Wildman–Crippen MR) is 62.3 cm³/mol. The first kappa shape index (κ1) is 10.5. The Morgan fingerprint density at radius 2 is 2.28 bits per heavy atom. The molecule has 0 atom stereocenters. The number of benzene rings is 1. The van der Waals surface area contributed by atoms with Crippen molar-refractivity contribution in [1.29, 1.82) is 0 Å². The molecule has 2 heterocycles. The van der Waals surface area contributed by atoms with Gasteiger partial charge in [-0.05, 0) is 18.2 Å². The molecule has 0 aliphatic heterocycles. The van der Waals surface area contributed by atoms with E-state index < -0.39 is 5.97 Å². The molecule has 0 spiro atoms. The minimum Gasteiger partial charge on any atom is -0.478 e. The maximum atomic E-state index is 10.8. The highest BCUT2D eigenvalue weighted by molar-refractivity contribution is 5.92. The van der Waals surface area contributed by atoms with Crippen molar-refractivity contribution in [3.8, 4) is 0 Å². The molecule has 0 bridgehead atoms. The van der Waals surface area contributed by atoms with Crippen LogP contribution in [0.1, 0.15) is 16.1 Å². The molecular formula is C12H9N3O3. The predicted octanol–water partition coefficient (Wildman–Crippen LogP) is 1.77. The molecule has 0 saturated carbocycles. The van der Waals surface area contributed by atoms with Gasteiger partial charge >= 0.3 is 5.97 Å². The molecule has 90 valence electrons. The number of hydrogen-bond donors (Lipinski definition) is 1. The Labute approximate surface area is 101 Å². The number of carbonyl (C=O) groups is 1. The van der Waals surface area contributed by atoms with Gasteiger partial charge in [0.25, 0.3) is 0 Å². The summed E-state index contributed by atoms with van der Waals surface area (Å²) in [7, 11) is 0. The molecule has 0 unspecified atom stereocenters. The van der Waals surface area contributed by atoms with Gasteiger partial charge in [-0.2, -0.15) is 0 Å². The van der Waals surface area contributed by atoms with Crippen molar-refractivity contribution in [2.75, 3.05) is 0 Å². The third-order valence-electron chi connectivity index (χ3n) is 2.69. The van der Waals surface area contributed by atoms with E-state index in [-0.39, 0.29) is 5.56 Å². The number of aromatic carboxylic acids is 1. The molecule has 0 fully saturated rings. The summed E-state index contributed by atoms with van der Waals surface area (Å²) >= 11 is 0. The van der Waals surface area contributed by atoms with Gasteiger partial charge in [-0.1, -0.05) is 5.16 Å². The molecule has 0 amide bonds. The smallest absolute Gasteiger partial charge is 0.335 e. The second-order valence-electron chi connectivity index (χ2n) is 3.86. The number of nitrogens with zero attached hydrogens (tertiary/aromatic N) is 3. The second-order valence-corrected chi connectivity index (χ2v) is 3.86. The summed E-state index contributed by atoms with van der Waals surface area (Å²) in [6.45, 7) is 0.517. The number of carboxylic acids is 1. The minimum absolute atomic E-state index is 0.229. The van der Waals surface area contributed by atoms with Crippen LogP contribution in [0.15, 0.2) is 41.3 Å². The van der Waals surface area contributed by atoms with E-state index in [4.69, 9.17) is 9.63 Å². The maximum Gasteiger partial charge on any atom is 0.335 e. The molecule has 0 radical (unpaired) electrons. The van der Waals surface area contributed by atoms with Crippen molar-refractivity contribution in [1.82, 2.24) is 14.7 Å². The monoisotopic (exact) mass is 243 g/mol. The van der Waals surface area contributed by atoms with Gasteiger partial charge in [0, 0.05) is 6.07 Å². The van der Waals surface area contributed by atoms with Crippen LogP contribution >= 0.6 is 0 Å². The number of carboxylic acid groups (broad SMARTS) is 1. The van der Waals surface area contributed by atoms with Crippen molar-refractivity contribution in [3.05, 3.63) is 48.1 Å². The molecule has 3 rings (SSSR count). The zero-order valence-corrected chi connectivity index (χ0v) is 9.28. The summed E-state index contributed by atoms with van der Waals surface area (Å²) in [5.41, 5.74) is 1.73. The largest absolute Gasteiger partial charge is 0.478 e. The Kier molecular flexibility index (Phi) is 2.33. The normalized spacial score (nSPS) is 10.9. The van der Waals surface area contributed by atoms with E-state index >= 15 is 0 Å². The second kappa shape index (κ2) is 3.99. The van der Waals surface area contributed by atoms with Crippen LogP contribution in [-0.2, 0) is 6.54 Å². The number of hydrogen-bond acceptors (Lipinski definition) is 4. The molecule has 0 saturated heterocycles. The van der Waals surface area contributed by atoms with Crippen molar-refractivity contribution in [3.63, 3.8) is 0 Å². The SMILES string of the molecule is O=C(O)c1ccc2c(c1)ncn2Cc1ccno1. The van der Waals surface area contributed by atoms with Crippen LogP contribution in [0.2, 0.25) is 0 Å². The van der Waals surface area contributed by atoms with E-state index in [9.17, 15) is 4.79 Å². The average molecular weight is 243 g/mol. The fourth-order valence-corrected chi connectivity index (χ4v) is 1.81. The lowest BCUT2D eigenvalue weighted by Crippen LogP contribution is -1.98. The Morgan fingerprint density at radius 1 is 1.39 bits per heavy atom. The summed E-state index contributed by atoms with van der Waals surface area (Å²) in [4.78, 5) is 15.0. The van der Waals surface area contributed by atoms with Crippen LogP contribution in [-0.4, -0.2) is 25.8 Å². The summed E-state index contributed by atoms with van der Waals surface area (Å²) in [5, 5.41) is 12.5. The topological polar surface area (TPSA) is 81.1 Å². The van der Waals surface area contributed by atoms with E-state index in [1.807, 2.05) is 4.57 Å². The van der Waals surface area contributed by atoms with Gasteiger partial charge in [0.05, 0.1) is 35.7 Å². The highest BCUT2D eigenvalue weighted by Gasteiger charge is 2.08. The zero-order valence-electron chi connectivity index (χ0n) is 9.28. The standard InChI is InChI=1S/C12H9N3O3/c16-12(17)8-1-2-11-10(5-8)13-7-15(11)6-9-3-4-14-18-9/h1-5,7H,6H2,(H,16,17). The van der Waals surface area contributed by atoms with Crippen molar-refractivity contribution in [2.45, 2.75) is 6.54 Å². The van der Waals surface area contributed by atoms with Crippen LogP contribution in [0.3, 0.4) is 0 Å². The number of rotatable bonds is 3. The molecule has 0 aliphatic rings. The quantitative estimate of drug-likeness (QED) is 0.758. The lowest BCUT2D eigenvalue weighted by Gasteiger charge is -2.00. The first-order chi connectivity index (χ1) is 8.74. The van der Waals surface area contributed by atoms with Gasteiger partial charge in [0.15, 0.2) is 5.76 Å². The Balaban J connectivity index is 2.02. The summed E-state index contributed by atoms with van der Waals surface area (Å²) in [5.74, 6) is -0.238. The molecule has 6 nitrogen and oxygen atoms in total. The van der Waals surface area contributed by atoms with Crippen LogP contribution < -0.4 is 0 Å². The van der Waals surface area contributed by atoms with Crippen molar-refractivity contribution < 1.29 is 14.4 Å². The third kappa shape index (κ3) is 1.73. The van der Waals surface area contributed by atoms with Gasteiger partial charge in [0.1, 0.15) is 0 Å². The number of imidazole rings is 1. The van der Waals surface area contributed by atoms with Gasteiger partial charge in [0.2, 0.25) is 0 Å². The molecule has 6 heteroatoms. The number of aromatic nitrogens is 3. The summed E-state index contributed by atoms with van der Waals surface area (Å²) < 4.78 is 6.90. The van der Waals surface area contributed by atoms with E-state index in [0.717, 1.165) is 11.3 Å². The summed E-state index contributed by atoms with van der Waals surface area (Å²) in [6, 6.07) is 6.62. The molecule has 1 N–H and O–H groups in total. The highest BCUT2D eigenvalue weighted by atomic mass is 16.5. The number of fused-ring (bicyclic) bond motifs is 1. The lowest BCUT2D eigenvalue weighted by atomic mass is 10.2. The van der Waals surface area contributed by atoms with Crippen LogP contribution in [0.4, 0.5) is 0 Å². The van der Waals surface area contributed by atoms with Crippen molar-refractivity contribution in [2.24, 2.45) is 0 Å². The molecule has 1 aromatic carbocycles. The third-order valence-corrected chi connectivity index (χ3v) is 2.69. The molecule has 18 heavy (non-hydrogen) atoms. The molecule has 3 aromatic rings. The lowest BCUT2D eigenvalue weighted by molar-refractivity contribution is 0.0697. The van der Waals surface area contributed by atoms with E-state index in [0.29, 0.717) is 12.1 Å². The van der Waals surface area contributed by atoms with Gasteiger partial charge in [-0.3, -0.25) is 0 Å². The fourth-order valence-electron chi connectivity index (χ4n) is 1.81. The molecule has 0 aliphatic carbocycles. The van der Waals surface area contributed by atoms with Gasteiger partial charge in [-0.25, -0.2) is 9.78 Å². The average Bonchev–Trinajstić information content (AvgIpc) is 2.99. The maximum absolute atomic E-state index is 10.8. The van der Waals surface area contributed by atoms with E-state index in [1.165, 1.54) is 0 Å². The molecule has 2 aromatic heterocycles. The van der Waals surface area contributed by atoms with Gasteiger partial charge < -0.3 is 14.2 Å². The Bertz CT molecular complexity index is 701. The van der Waals surface area contributed by atoms with Crippen LogP contribution in [0.5, 0.6) is 0 Å². The first-order valence-corrected chi connectivity index (χ1v) is 5.32.